The monoisotopic (exact) mass is 633 g/mol. The molecule has 1 saturated heterocycles. The molecule has 0 aromatic heterocycles. The maximum atomic E-state index is 13.8. The Hall–Kier alpha value is -0.780. The van der Waals surface area contributed by atoms with Crippen molar-refractivity contribution < 1.29 is 49.1 Å². The van der Waals surface area contributed by atoms with Crippen LogP contribution in [0.25, 0.3) is 0 Å². The Kier molecular flexibility index (Phi) is 8.96. The number of carbonyl (C=O) groups is 2. The number of carbonyl (C=O) groups excluding carboxylic acids is 1. The molecule has 4 atom stereocenters. The van der Waals surface area contributed by atoms with E-state index < -0.39 is 57.4 Å². The second kappa shape index (κ2) is 11.1. The molecular weight excluding hydrogens is 604 g/mol. The molecule has 10 heteroatoms. The SMILES string of the molecule is C=C1[C@H]([I-]CC2=CC(Br)CCC2)[C@@H](C(=O)O)N1C(=O)N[C@@H](C1CCCCCC1)C(F)(F)F. The summed E-state index contributed by atoms with van der Waals surface area (Å²) in [5.74, 6) is -1.87. The van der Waals surface area contributed by atoms with Gasteiger partial charge < -0.3 is 0 Å². The van der Waals surface area contributed by atoms with E-state index in [0.29, 0.717) is 36.2 Å². The van der Waals surface area contributed by atoms with Crippen LogP contribution in [-0.4, -0.2) is 53.4 Å². The van der Waals surface area contributed by atoms with Gasteiger partial charge in [-0.25, -0.2) is 0 Å². The van der Waals surface area contributed by atoms with Crippen molar-refractivity contribution in [3.05, 3.63) is 23.9 Å². The molecule has 2 fully saturated rings. The summed E-state index contributed by atoms with van der Waals surface area (Å²) in [6, 6.07) is -4.10. The van der Waals surface area contributed by atoms with Crippen LogP contribution < -0.4 is 26.5 Å². The third kappa shape index (κ3) is 6.21. The van der Waals surface area contributed by atoms with E-state index >= 15 is 0 Å². The van der Waals surface area contributed by atoms with Crippen molar-refractivity contribution in [2.75, 3.05) is 4.43 Å². The van der Waals surface area contributed by atoms with Gasteiger partial charge in [-0.2, -0.15) is 0 Å². The van der Waals surface area contributed by atoms with Gasteiger partial charge in [0.15, 0.2) is 0 Å². The number of urea groups is 1. The van der Waals surface area contributed by atoms with Crippen LogP contribution in [0.2, 0.25) is 0 Å². The van der Waals surface area contributed by atoms with Crippen molar-refractivity contribution in [1.82, 2.24) is 10.2 Å². The van der Waals surface area contributed by atoms with Crippen molar-refractivity contribution in [2.45, 2.75) is 84.8 Å². The first-order valence-electron chi connectivity index (χ1n) is 11.1. The number of allylic oxidation sites excluding steroid dienone is 2. The molecule has 5 nitrogen and oxygen atoms in total. The first-order chi connectivity index (χ1) is 15.1. The Balaban J connectivity index is 1.66. The minimum absolute atomic E-state index is 0.330. The zero-order chi connectivity index (χ0) is 23.5. The van der Waals surface area contributed by atoms with Gasteiger partial charge in [-0.1, -0.05) is 0 Å². The third-order valence-corrected chi connectivity index (χ3v) is 11.0. The number of likely N-dealkylation sites (tertiary alicyclic amines) is 1. The molecule has 2 N–H and O–H groups in total. The van der Waals surface area contributed by atoms with E-state index in [-0.39, 0.29) is 3.92 Å². The molecule has 0 aromatic rings. The predicted molar refractivity (Wildman–Crippen MR) is 115 cm³/mol. The van der Waals surface area contributed by atoms with E-state index in [1.807, 2.05) is 0 Å². The van der Waals surface area contributed by atoms with Gasteiger partial charge in [-0.15, -0.1) is 0 Å². The standard InChI is InChI=1S/C22H30BrF3IN2O3/c1-13-17(27-12-14-7-6-10-16(23)11-14)18(20(30)31)29(13)21(32)28-19(22(24,25)26)15-8-4-2-3-5-9-15/h11,15-19H,1-10,12H2,(H,28,32)(H,30,31)/q-1/t16?,17-,18-,19-/m0/s1. The molecule has 32 heavy (non-hydrogen) atoms. The Bertz CT molecular complexity index is 753. The van der Waals surface area contributed by atoms with Gasteiger partial charge in [0.25, 0.3) is 0 Å². The Morgan fingerprint density at radius 2 is 1.88 bits per heavy atom. The minimum atomic E-state index is -4.58. The first-order valence-corrected chi connectivity index (χ1v) is 14.8. The van der Waals surface area contributed by atoms with Gasteiger partial charge in [0, 0.05) is 0 Å². The number of nitrogens with zero attached hydrogens (tertiary/aromatic N) is 1. The average molecular weight is 634 g/mol. The summed E-state index contributed by atoms with van der Waals surface area (Å²) in [6.07, 6.45) is 4.76. The van der Waals surface area contributed by atoms with Crippen LogP contribution in [0.5, 0.6) is 0 Å². The Morgan fingerprint density at radius 1 is 1.22 bits per heavy atom. The number of nitrogens with one attached hydrogen (secondary N) is 1. The molecule has 0 spiro atoms. The quantitative estimate of drug-likeness (QED) is 0.204. The van der Waals surface area contributed by atoms with Crippen LogP contribution in [0.4, 0.5) is 18.0 Å². The fraction of sp³-hybridized carbons (Fsp3) is 0.727. The predicted octanol–water partition coefficient (Wildman–Crippen LogP) is 2.21. The summed E-state index contributed by atoms with van der Waals surface area (Å²) in [7, 11) is 0. The molecule has 3 rings (SSSR count). The fourth-order valence-electron chi connectivity index (χ4n) is 4.76. The van der Waals surface area contributed by atoms with Crippen molar-refractivity contribution in [1.29, 1.82) is 0 Å². The van der Waals surface area contributed by atoms with Crippen LogP contribution in [0, 0.1) is 5.92 Å². The fourth-order valence-corrected chi connectivity index (χ4v) is 9.05. The summed E-state index contributed by atoms with van der Waals surface area (Å²) >= 11 is 2.95. The number of hydrogen-bond donors (Lipinski definition) is 2. The number of halogens is 5. The second-order valence-electron chi connectivity index (χ2n) is 8.79. The molecule has 0 aromatic carbocycles. The number of alkyl halides is 6. The third-order valence-electron chi connectivity index (χ3n) is 6.47. The topological polar surface area (TPSA) is 69.6 Å². The zero-order valence-electron chi connectivity index (χ0n) is 17.8. The molecule has 0 bridgehead atoms. The van der Waals surface area contributed by atoms with Crippen molar-refractivity contribution >= 4 is 27.9 Å². The number of aliphatic carboxylic acids is 1. The molecule has 1 heterocycles. The van der Waals surface area contributed by atoms with E-state index in [9.17, 15) is 27.9 Å². The molecule has 1 saturated carbocycles. The van der Waals surface area contributed by atoms with Crippen molar-refractivity contribution in [3.8, 4) is 0 Å². The Labute approximate surface area is 205 Å². The number of carboxylic acids is 1. The molecule has 182 valence electrons. The van der Waals surface area contributed by atoms with Crippen molar-refractivity contribution in [3.63, 3.8) is 0 Å². The number of rotatable bonds is 6. The van der Waals surface area contributed by atoms with Gasteiger partial charge in [0.2, 0.25) is 0 Å². The normalized spacial score (nSPS) is 28.5. The maximum absolute atomic E-state index is 13.8. The molecule has 1 unspecified atom stereocenters. The summed E-state index contributed by atoms with van der Waals surface area (Å²) in [5.41, 5.74) is 1.62. The molecule has 2 amide bonds. The van der Waals surface area contributed by atoms with Gasteiger partial charge in [0.1, 0.15) is 0 Å². The molecule has 0 radical (unpaired) electrons. The average Bonchev–Trinajstić information content (AvgIpc) is 2.98. The number of carboxylic acid groups (broad SMARTS) is 1. The zero-order valence-corrected chi connectivity index (χ0v) is 21.6. The van der Waals surface area contributed by atoms with Gasteiger partial charge >= 0.3 is 206 Å². The summed E-state index contributed by atoms with van der Waals surface area (Å²) in [6.45, 7) is 3.87. The van der Waals surface area contributed by atoms with Gasteiger partial charge in [-0.05, 0) is 0 Å². The molecule has 1 aliphatic heterocycles. The summed E-state index contributed by atoms with van der Waals surface area (Å²) in [4.78, 5) is 26.0. The van der Waals surface area contributed by atoms with Crippen LogP contribution in [0.3, 0.4) is 0 Å². The van der Waals surface area contributed by atoms with Crippen molar-refractivity contribution in [2.24, 2.45) is 5.92 Å². The summed E-state index contributed by atoms with van der Waals surface area (Å²) in [5, 5.41) is 11.8. The van der Waals surface area contributed by atoms with Gasteiger partial charge in [-0.3, -0.25) is 0 Å². The van der Waals surface area contributed by atoms with E-state index in [1.54, 1.807) is 0 Å². The van der Waals surface area contributed by atoms with Crippen LogP contribution in [0.15, 0.2) is 23.9 Å². The van der Waals surface area contributed by atoms with Crippen LogP contribution >= 0.6 is 15.9 Å². The number of hydrogen-bond acceptors (Lipinski definition) is 2. The van der Waals surface area contributed by atoms with E-state index in [2.05, 4.69) is 33.9 Å². The van der Waals surface area contributed by atoms with E-state index in [1.165, 1.54) is 5.57 Å². The summed E-state index contributed by atoms with van der Waals surface area (Å²) < 4.78 is 41.8. The molecular formula is C22H30BrF3IN2O3-. The van der Waals surface area contributed by atoms with Crippen LogP contribution in [0.1, 0.15) is 57.8 Å². The van der Waals surface area contributed by atoms with E-state index in [0.717, 1.165) is 41.4 Å². The second-order valence-corrected chi connectivity index (χ2v) is 12.9. The Morgan fingerprint density at radius 3 is 2.44 bits per heavy atom. The first kappa shape index (κ1) is 25.8. The van der Waals surface area contributed by atoms with E-state index in [4.69, 9.17) is 0 Å². The molecule has 3 aliphatic rings. The van der Waals surface area contributed by atoms with Crippen LogP contribution in [-0.2, 0) is 4.79 Å². The number of amides is 2. The van der Waals surface area contributed by atoms with Gasteiger partial charge in [0.05, 0.1) is 0 Å². The molecule has 2 aliphatic carbocycles.